The maximum atomic E-state index is 13.6. The Hall–Kier alpha value is -2.59. The number of aromatic nitrogens is 1. The molecule has 1 N–H and O–H groups in total. The van der Waals surface area contributed by atoms with Crippen LogP contribution in [0.4, 0.5) is 0 Å². The molecule has 0 fully saturated rings. The molecular weight excluding hydrogens is 458 g/mol. The van der Waals surface area contributed by atoms with Crippen LogP contribution >= 0.6 is 11.6 Å². The summed E-state index contributed by atoms with van der Waals surface area (Å²) in [4.78, 5) is 25.0. The van der Waals surface area contributed by atoms with Crippen molar-refractivity contribution in [2.75, 3.05) is 0 Å². The van der Waals surface area contributed by atoms with Gasteiger partial charge in [-0.05, 0) is 61.8 Å². The van der Waals surface area contributed by atoms with Gasteiger partial charge in [-0.2, -0.15) is 0 Å². The Morgan fingerprint density at radius 3 is 2.34 bits per heavy atom. The lowest BCUT2D eigenvalue weighted by Crippen LogP contribution is -2.15. The van der Waals surface area contributed by atoms with Crippen LogP contribution in [0.1, 0.15) is 86.3 Å². The van der Waals surface area contributed by atoms with Crippen molar-refractivity contribution in [3.8, 4) is 0 Å². The van der Waals surface area contributed by atoms with E-state index in [0.717, 1.165) is 79.9 Å². The molecular formula is C30H38ClNO3. The maximum absolute atomic E-state index is 13.6. The van der Waals surface area contributed by atoms with Crippen molar-refractivity contribution in [1.82, 2.24) is 4.57 Å². The number of carboxylic acids is 1. The molecule has 0 saturated heterocycles. The zero-order chi connectivity index (χ0) is 25.2. The molecule has 35 heavy (non-hydrogen) atoms. The second kappa shape index (κ2) is 13.5. The van der Waals surface area contributed by atoms with Gasteiger partial charge in [-0.15, -0.1) is 0 Å². The molecule has 1 unspecified atom stereocenters. The van der Waals surface area contributed by atoms with E-state index in [9.17, 15) is 14.7 Å². The first kappa shape index (κ1) is 27.0. The molecule has 0 aliphatic heterocycles. The van der Waals surface area contributed by atoms with Crippen LogP contribution in [-0.4, -0.2) is 21.4 Å². The summed E-state index contributed by atoms with van der Waals surface area (Å²) < 4.78 is 2.13. The molecule has 3 aromatic rings. The third-order valence-electron chi connectivity index (χ3n) is 6.94. The van der Waals surface area contributed by atoms with Crippen LogP contribution in [0.2, 0.25) is 5.02 Å². The highest BCUT2D eigenvalue weighted by atomic mass is 35.5. The van der Waals surface area contributed by atoms with E-state index in [0.29, 0.717) is 5.02 Å². The summed E-state index contributed by atoms with van der Waals surface area (Å²) in [6.07, 6.45) is 9.36. The number of halogens is 1. The first-order valence-corrected chi connectivity index (χ1v) is 13.3. The molecule has 5 heteroatoms. The molecule has 0 aliphatic rings. The molecule has 2 aromatic carbocycles. The normalized spacial score (nSPS) is 12.2. The van der Waals surface area contributed by atoms with E-state index >= 15 is 0 Å². The smallest absolute Gasteiger partial charge is 0.303 e. The standard InChI is InChI=1S/C30H38ClNO3/c1-3-4-12-23(20-29(34)35)19-28(33)30-25-21-24(31)17-18-26(25)32(2)27(30)16-11-6-5-8-13-22-14-9-7-10-15-22/h7,9-10,14-15,17-18,21,23H,3-6,8,11-13,16,19-20H2,1-2H3,(H,34,35). The van der Waals surface area contributed by atoms with E-state index in [4.69, 9.17) is 11.6 Å². The summed E-state index contributed by atoms with van der Waals surface area (Å²) in [6.45, 7) is 2.09. The van der Waals surface area contributed by atoms with Crippen LogP contribution in [0.15, 0.2) is 48.5 Å². The highest BCUT2D eigenvalue weighted by Gasteiger charge is 2.24. The van der Waals surface area contributed by atoms with Crippen LogP contribution in [0.5, 0.6) is 0 Å². The molecule has 1 atom stereocenters. The number of hydrogen-bond donors (Lipinski definition) is 1. The predicted octanol–water partition coefficient (Wildman–Crippen LogP) is 8.03. The van der Waals surface area contributed by atoms with Gasteiger partial charge in [-0.25, -0.2) is 0 Å². The summed E-state index contributed by atoms with van der Waals surface area (Å²) in [5, 5.41) is 10.9. The zero-order valence-corrected chi connectivity index (χ0v) is 21.8. The zero-order valence-electron chi connectivity index (χ0n) is 21.1. The predicted molar refractivity (Wildman–Crippen MR) is 144 cm³/mol. The van der Waals surface area contributed by atoms with Gasteiger partial charge in [0.25, 0.3) is 0 Å². The van der Waals surface area contributed by atoms with Gasteiger partial charge in [0.2, 0.25) is 0 Å². The SMILES string of the molecule is CCCCC(CC(=O)O)CC(=O)c1c(CCCCCCc2ccccc2)n(C)c2ccc(Cl)cc12. The molecule has 0 saturated carbocycles. The number of nitrogens with zero attached hydrogens (tertiary/aromatic N) is 1. The summed E-state index contributed by atoms with van der Waals surface area (Å²) in [7, 11) is 2.02. The summed E-state index contributed by atoms with van der Waals surface area (Å²) in [6, 6.07) is 16.3. The second-order valence-corrected chi connectivity index (χ2v) is 10.1. The number of carbonyl (C=O) groups is 2. The number of ketones is 1. The van der Waals surface area contributed by atoms with Crippen molar-refractivity contribution in [1.29, 1.82) is 0 Å². The number of aryl methyl sites for hydroxylation is 2. The topological polar surface area (TPSA) is 59.3 Å². The van der Waals surface area contributed by atoms with Gasteiger partial charge >= 0.3 is 5.97 Å². The lowest BCUT2D eigenvalue weighted by atomic mass is 9.89. The van der Waals surface area contributed by atoms with E-state index in [1.165, 1.54) is 5.56 Å². The number of carboxylic acid groups (broad SMARTS) is 1. The van der Waals surface area contributed by atoms with Gasteiger partial charge in [0, 0.05) is 47.1 Å². The van der Waals surface area contributed by atoms with E-state index < -0.39 is 5.97 Å². The fourth-order valence-corrected chi connectivity index (χ4v) is 5.25. The number of hydrogen-bond acceptors (Lipinski definition) is 2. The van der Waals surface area contributed by atoms with E-state index in [1.54, 1.807) is 0 Å². The molecule has 0 aliphatic carbocycles. The minimum atomic E-state index is -0.837. The van der Waals surface area contributed by atoms with Gasteiger partial charge in [-0.1, -0.05) is 74.5 Å². The third kappa shape index (κ3) is 7.70. The lowest BCUT2D eigenvalue weighted by Gasteiger charge is -2.14. The number of rotatable bonds is 15. The van der Waals surface area contributed by atoms with Gasteiger partial charge < -0.3 is 9.67 Å². The Morgan fingerprint density at radius 1 is 0.943 bits per heavy atom. The summed E-state index contributed by atoms with van der Waals surface area (Å²) >= 11 is 6.31. The minimum Gasteiger partial charge on any atom is -0.481 e. The van der Waals surface area contributed by atoms with Gasteiger partial charge in [-0.3, -0.25) is 9.59 Å². The first-order valence-electron chi connectivity index (χ1n) is 13.0. The molecule has 0 radical (unpaired) electrons. The Morgan fingerprint density at radius 2 is 1.66 bits per heavy atom. The van der Waals surface area contributed by atoms with Crippen molar-refractivity contribution in [3.05, 3.63) is 70.4 Å². The van der Waals surface area contributed by atoms with Gasteiger partial charge in [0.15, 0.2) is 5.78 Å². The summed E-state index contributed by atoms with van der Waals surface area (Å²) in [5.41, 5.74) is 4.16. The number of Topliss-reactive ketones (excluding diaryl/α,β-unsaturated/α-hetero) is 1. The van der Waals surface area contributed by atoms with Crippen molar-refractivity contribution in [2.24, 2.45) is 13.0 Å². The molecule has 1 aromatic heterocycles. The number of aliphatic carboxylic acids is 1. The van der Waals surface area contributed by atoms with Crippen LogP contribution in [0, 0.1) is 5.92 Å². The highest BCUT2D eigenvalue weighted by molar-refractivity contribution is 6.31. The van der Waals surface area contributed by atoms with Gasteiger partial charge in [0.1, 0.15) is 0 Å². The minimum absolute atomic E-state index is 0.0357. The Labute approximate surface area is 214 Å². The Bertz CT molecular complexity index is 1120. The van der Waals surface area contributed by atoms with Crippen LogP contribution in [-0.2, 0) is 24.7 Å². The van der Waals surface area contributed by atoms with Gasteiger partial charge in [0.05, 0.1) is 0 Å². The van der Waals surface area contributed by atoms with Crippen molar-refractivity contribution in [3.63, 3.8) is 0 Å². The molecule has 1 heterocycles. The molecule has 0 bridgehead atoms. The second-order valence-electron chi connectivity index (χ2n) is 9.68. The number of unbranched alkanes of at least 4 members (excludes halogenated alkanes) is 4. The average Bonchev–Trinajstić information content (AvgIpc) is 3.10. The van der Waals surface area contributed by atoms with E-state index in [2.05, 4.69) is 35.8 Å². The third-order valence-corrected chi connectivity index (χ3v) is 7.17. The molecule has 0 amide bonds. The Kier molecular flexibility index (Phi) is 10.4. The first-order chi connectivity index (χ1) is 16.9. The molecule has 188 valence electrons. The van der Waals surface area contributed by atoms with E-state index in [1.807, 2.05) is 31.3 Å². The largest absolute Gasteiger partial charge is 0.481 e. The summed E-state index contributed by atoms with van der Waals surface area (Å²) in [5.74, 6) is -0.935. The fraction of sp³-hybridized carbons (Fsp3) is 0.467. The van der Waals surface area contributed by atoms with Crippen LogP contribution < -0.4 is 0 Å². The van der Waals surface area contributed by atoms with Crippen LogP contribution in [0.25, 0.3) is 10.9 Å². The van der Waals surface area contributed by atoms with Crippen molar-refractivity contribution < 1.29 is 14.7 Å². The number of fused-ring (bicyclic) bond motifs is 1. The average molecular weight is 496 g/mol. The van der Waals surface area contributed by atoms with Crippen LogP contribution in [0.3, 0.4) is 0 Å². The maximum Gasteiger partial charge on any atom is 0.303 e. The van der Waals surface area contributed by atoms with Crippen molar-refractivity contribution >= 4 is 34.3 Å². The fourth-order valence-electron chi connectivity index (χ4n) is 5.07. The number of carbonyl (C=O) groups excluding carboxylic acids is 1. The van der Waals surface area contributed by atoms with E-state index in [-0.39, 0.29) is 24.5 Å². The monoisotopic (exact) mass is 495 g/mol. The van der Waals surface area contributed by atoms with Crippen molar-refractivity contribution in [2.45, 2.75) is 77.6 Å². The Balaban J connectivity index is 1.72. The number of benzene rings is 2. The molecule has 0 spiro atoms. The lowest BCUT2D eigenvalue weighted by molar-refractivity contribution is -0.138. The highest BCUT2D eigenvalue weighted by Crippen LogP contribution is 2.32. The molecule has 3 rings (SSSR count). The molecule has 4 nitrogen and oxygen atoms in total. The quantitative estimate of drug-likeness (QED) is 0.171.